The molecule has 10 nitrogen and oxygen atoms in total. The maximum Gasteiger partial charge on any atom is 0.408 e. The predicted octanol–water partition coefficient (Wildman–Crippen LogP) is -0.153. The second-order valence-electron chi connectivity index (χ2n) is 8.40. The molecular weight excluding hydrogens is 418 g/mol. The van der Waals surface area contributed by atoms with Gasteiger partial charge in [0.2, 0.25) is 11.8 Å². The molecule has 2 aliphatic heterocycles. The molecule has 2 atom stereocenters. The Morgan fingerprint density at radius 3 is 1.81 bits per heavy atom. The number of likely N-dealkylation sites (tertiary alicyclic amines) is 2. The molecule has 0 aromatic carbocycles. The number of amides is 3. The second kappa shape index (κ2) is 12.1. The maximum absolute atomic E-state index is 12.7. The topological polar surface area (TPSA) is 123 Å². The van der Waals surface area contributed by atoms with Gasteiger partial charge < -0.3 is 35.1 Å². The van der Waals surface area contributed by atoms with Gasteiger partial charge in [-0.2, -0.15) is 0 Å². The molecule has 2 fully saturated rings. The number of nitrogens with zero attached hydrogens (tertiary/aromatic N) is 2. The lowest BCUT2D eigenvalue weighted by Gasteiger charge is -2.36. The number of nitrogens with one attached hydrogen (secondary N) is 1. The van der Waals surface area contributed by atoms with E-state index < -0.39 is 36.1 Å². The van der Waals surface area contributed by atoms with Crippen molar-refractivity contribution < 1.29 is 37.4 Å². The fourth-order valence-electron chi connectivity index (χ4n) is 2.71. The highest BCUT2D eigenvalue weighted by atomic mass is 19.1. The molecule has 0 spiro atoms. The van der Waals surface area contributed by atoms with Gasteiger partial charge in [-0.1, -0.05) is 0 Å². The van der Waals surface area contributed by atoms with Crippen LogP contribution in [0.5, 0.6) is 0 Å². The average molecular weight is 452 g/mol. The van der Waals surface area contributed by atoms with Crippen LogP contribution in [0.4, 0.5) is 13.6 Å². The third-order valence-electron chi connectivity index (χ3n) is 4.28. The summed E-state index contributed by atoms with van der Waals surface area (Å²) in [6, 6.07) is -1.50. The minimum absolute atomic E-state index is 0.0194. The Morgan fingerprint density at radius 2 is 1.42 bits per heavy atom. The summed E-state index contributed by atoms with van der Waals surface area (Å²) in [6.45, 7) is 5.86. The standard InChI is InChI=1S/C12H21FN2O4.C7H13FN2O2/c1-12(2,3)19-11(17)14-9(7-18-4)10(16)15-5-8(13)6-15;1-12-4-6(9)7(11)10-2-5(8)3-10/h8-9H,5-7H2,1-4H3,(H,14,17);5-6H,2-4,9H2,1H3/t9-;6-/m11/s1. The number of alkyl halides is 2. The molecule has 0 aliphatic carbocycles. The highest BCUT2D eigenvalue weighted by Gasteiger charge is 2.36. The molecule has 3 amide bonds. The van der Waals surface area contributed by atoms with Crippen molar-refractivity contribution >= 4 is 17.9 Å². The van der Waals surface area contributed by atoms with Gasteiger partial charge in [-0.25, -0.2) is 13.6 Å². The van der Waals surface area contributed by atoms with Gasteiger partial charge in [-0.15, -0.1) is 0 Å². The van der Waals surface area contributed by atoms with E-state index in [1.54, 1.807) is 20.8 Å². The zero-order chi connectivity index (χ0) is 23.8. The molecule has 180 valence electrons. The average Bonchev–Trinajstić information content (AvgIpc) is 2.60. The Balaban J connectivity index is 0.000000343. The van der Waals surface area contributed by atoms with E-state index in [9.17, 15) is 23.2 Å². The van der Waals surface area contributed by atoms with Crippen molar-refractivity contribution in [3.05, 3.63) is 0 Å². The molecule has 0 bridgehead atoms. The van der Waals surface area contributed by atoms with E-state index in [1.807, 2.05) is 0 Å². The van der Waals surface area contributed by atoms with Crippen LogP contribution in [-0.2, 0) is 23.8 Å². The third-order valence-corrected chi connectivity index (χ3v) is 4.28. The summed E-state index contributed by atoms with van der Waals surface area (Å²) in [5.74, 6) is -0.590. The number of carbonyl (C=O) groups excluding carboxylic acids is 3. The van der Waals surface area contributed by atoms with Crippen LogP contribution in [0, 0.1) is 0 Å². The minimum Gasteiger partial charge on any atom is -0.444 e. The van der Waals surface area contributed by atoms with Gasteiger partial charge in [0.05, 0.1) is 39.4 Å². The van der Waals surface area contributed by atoms with Crippen molar-refractivity contribution in [2.24, 2.45) is 5.73 Å². The second-order valence-corrected chi connectivity index (χ2v) is 8.40. The zero-order valence-electron chi connectivity index (χ0n) is 18.7. The summed E-state index contributed by atoms with van der Waals surface area (Å²) in [6.07, 6.45) is -2.54. The van der Waals surface area contributed by atoms with Gasteiger partial charge in [-0.05, 0) is 20.8 Å². The number of carbonyl (C=O) groups is 3. The Bertz CT molecular complexity index is 600. The van der Waals surface area contributed by atoms with Crippen LogP contribution in [0.3, 0.4) is 0 Å². The Morgan fingerprint density at radius 1 is 0.968 bits per heavy atom. The SMILES string of the molecule is COC[C@@H](N)C(=O)N1CC(F)C1.COC[C@@H](NC(=O)OC(C)(C)C)C(=O)N1CC(F)C1. The predicted molar refractivity (Wildman–Crippen MR) is 108 cm³/mol. The minimum atomic E-state index is -0.978. The van der Waals surface area contributed by atoms with Crippen LogP contribution >= 0.6 is 0 Å². The van der Waals surface area contributed by atoms with Gasteiger partial charge in [0.15, 0.2) is 0 Å². The number of halogens is 2. The highest BCUT2D eigenvalue weighted by molar-refractivity contribution is 5.86. The molecule has 0 aromatic rings. The number of methoxy groups -OCH3 is 2. The number of hydrogen-bond acceptors (Lipinski definition) is 7. The molecule has 31 heavy (non-hydrogen) atoms. The first-order valence-corrected chi connectivity index (χ1v) is 9.96. The normalized spacial score (nSPS) is 18.7. The van der Waals surface area contributed by atoms with Crippen molar-refractivity contribution in [1.29, 1.82) is 0 Å². The van der Waals surface area contributed by atoms with Crippen LogP contribution in [0.2, 0.25) is 0 Å². The quantitative estimate of drug-likeness (QED) is 0.550. The van der Waals surface area contributed by atoms with Gasteiger partial charge in [0.1, 0.15) is 30.0 Å². The Hall–Kier alpha value is -2.05. The van der Waals surface area contributed by atoms with E-state index in [0.29, 0.717) is 0 Å². The molecule has 0 aromatic heterocycles. The molecule has 0 unspecified atom stereocenters. The van der Waals surface area contributed by atoms with E-state index in [4.69, 9.17) is 19.9 Å². The molecule has 2 aliphatic rings. The lowest BCUT2D eigenvalue weighted by molar-refractivity contribution is -0.142. The van der Waals surface area contributed by atoms with Crippen molar-refractivity contribution in [2.75, 3.05) is 53.6 Å². The molecule has 0 saturated carbocycles. The van der Waals surface area contributed by atoms with Crippen LogP contribution in [0.25, 0.3) is 0 Å². The fourth-order valence-corrected chi connectivity index (χ4v) is 2.71. The van der Waals surface area contributed by atoms with E-state index in [0.717, 1.165) is 0 Å². The van der Waals surface area contributed by atoms with Crippen molar-refractivity contribution in [3.8, 4) is 0 Å². The first-order valence-electron chi connectivity index (χ1n) is 9.96. The van der Waals surface area contributed by atoms with Gasteiger partial charge in [-0.3, -0.25) is 9.59 Å². The lowest BCUT2D eigenvalue weighted by atomic mass is 10.1. The largest absolute Gasteiger partial charge is 0.444 e. The van der Waals surface area contributed by atoms with E-state index in [1.165, 1.54) is 24.0 Å². The number of hydrogen-bond donors (Lipinski definition) is 2. The van der Waals surface area contributed by atoms with Crippen molar-refractivity contribution in [1.82, 2.24) is 15.1 Å². The zero-order valence-corrected chi connectivity index (χ0v) is 18.7. The number of ether oxygens (including phenoxy) is 3. The molecule has 3 N–H and O–H groups in total. The van der Waals surface area contributed by atoms with Crippen LogP contribution in [0.1, 0.15) is 20.8 Å². The van der Waals surface area contributed by atoms with Crippen LogP contribution in [-0.4, -0.2) is 111 Å². The first kappa shape index (κ1) is 27.0. The van der Waals surface area contributed by atoms with Crippen LogP contribution < -0.4 is 11.1 Å². The number of alkyl carbamates (subject to hydrolysis) is 1. The van der Waals surface area contributed by atoms with E-state index in [-0.39, 0.29) is 51.2 Å². The van der Waals surface area contributed by atoms with Gasteiger partial charge in [0.25, 0.3) is 0 Å². The summed E-state index contributed by atoms with van der Waals surface area (Å²) >= 11 is 0. The maximum atomic E-state index is 12.7. The third kappa shape index (κ3) is 9.32. The van der Waals surface area contributed by atoms with Gasteiger partial charge >= 0.3 is 6.09 Å². The van der Waals surface area contributed by atoms with Gasteiger partial charge in [0, 0.05) is 14.2 Å². The Labute approximate surface area is 181 Å². The molecule has 2 rings (SSSR count). The molecule has 12 heteroatoms. The molecule has 2 saturated heterocycles. The highest BCUT2D eigenvalue weighted by Crippen LogP contribution is 2.14. The summed E-state index contributed by atoms with van der Waals surface area (Å²) in [4.78, 5) is 37.5. The molecule has 0 radical (unpaired) electrons. The first-order chi connectivity index (χ1) is 14.4. The smallest absolute Gasteiger partial charge is 0.408 e. The molecule has 2 heterocycles. The fraction of sp³-hybridized carbons (Fsp3) is 0.842. The number of nitrogens with two attached hydrogens (primary N) is 1. The summed E-state index contributed by atoms with van der Waals surface area (Å²) in [5.41, 5.74) is 4.80. The van der Waals surface area contributed by atoms with Crippen LogP contribution in [0.15, 0.2) is 0 Å². The summed E-state index contributed by atoms with van der Waals surface area (Å²) < 4.78 is 39.7. The van der Waals surface area contributed by atoms with E-state index in [2.05, 4.69) is 5.32 Å². The monoisotopic (exact) mass is 452 g/mol. The van der Waals surface area contributed by atoms with Crippen molar-refractivity contribution in [2.45, 2.75) is 50.8 Å². The van der Waals surface area contributed by atoms with E-state index >= 15 is 0 Å². The number of rotatable bonds is 7. The Kier molecular flexibility index (Phi) is 10.5. The summed E-state index contributed by atoms with van der Waals surface area (Å²) in [7, 11) is 2.90. The summed E-state index contributed by atoms with van der Waals surface area (Å²) in [5, 5.41) is 2.44. The van der Waals surface area contributed by atoms with Crippen molar-refractivity contribution in [3.63, 3.8) is 0 Å². The molecular formula is C19H34F2N4O6. The lowest BCUT2D eigenvalue weighted by Crippen LogP contribution is -2.59.